The van der Waals surface area contributed by atoms with Gasteiger partial charge in [-0.2, -0.15) is 0 Å². The molecule has 0 aliphatic carbocycles. The van der Waals surface area contributed by atoms with Gasteiger partial charge in [-0.3, -0.25) is 14.8 Å². The molecule has 3 heterocycles. The van der Waals surface area contributed by atoms with Crippen molar-refractivity contribution in [3.05, 3.63) is 91.0 Å². The average Bonchev–Trinajstić information content (AvgIpc) is 3.26. The largest absolute Gasteiger partial charge is 0.337 e. The number of pyridine rings is 2. The van der Waals surface area contributed by atoms with Gasteiger partial charge in [0.2, 0.25) is 0 Å². The van der Waals surface area contributed by atoms with Crippen LogP contribution in [0.4, 0.5) is 0 Å². The number of fused-ring (bicyclic) bond motifs is 1. The minimum absolute atomic E-state index is 0.0563. The van der Waals surface area contributed by atoms with Crippen LogP contribution in [-0.4, -0.2) is 36.9 Å². The lowest BCUT2D eigenvalue weighted by Gasteiger charge is -2.23. The molecule has 1 aromatic carbocycles. The van der Waals surface area contributed by atoms with E-state index in [0.717, 1.165) is 29.3 Å². The number of nitrogens with zero attached hydrogens (tertiary/aromatic N) is 5. The molecule has 0 atom stereocenters. The molecule has 1 amide bonds. The van der Waals surface area contributed by atoms with Gasteiger partial charge in [0, 0.05) is 56.0 Å². The van der Waals surface area contributed by atoms with Crippen LogP contribution < -0.4 is 0 Å². The first kappa shape index (κ1) is 17.9. The zero-order valence-corrected chi connectivity index (χ0v) is 15.5. The lowest BCUT2D eigenvalue weighted by molar-refractivity contribution is 0.0735. The zero-order chi connectivity index (χ0) is 19.2. The molecule has 4 rings (SSSR count). The number of aryl methyl sites for hydroxylation is 1. The Bertz CT molecular complexity index is 1040. The van der Waals surface area contributed by atoms with Crippen molar-refractivity contribution in [2.24, 2.45) is 0 Å². The molecule has 0 fully saturated rings. The maximum atomic E-state index is 13.4. The fourth-order valence-corrected chi connectivity index (χ4v) is 3.26. The fourth-order valence-electron chi connectivity index (χ4n) is 3.26. The third-order valence-corrected chi connectivity index (χ3v) is 4.69. The van der Waals surface area contributed by atoms with Gasteiger partial charge in [-0.25, -0.2) is 4.98 Å². The molecule has 140 valence electrons. The molecule has 28 heavy (non-hydrogen) atoms. The monoisotopic (exact) mass is 371 g/mol. The lowest BCUT2D eigenvalue weighted by atomic mass is 10.1. The van der Waals surface area contributed by atoms with Crippen molar-refractivity contribution in [1.82, 2.24) is 24.4 Å². The molecular formula is C22H21N5O. The number of carbonyl (C=O) groups is 1. The van der Waals surface area contributed by atoms with E-state index < -0.39 is 0 Å². The van der Waals surface area contributed by atoms with Gasteiger partial charge in [-0.1, -0.05) is 24.3 Å². The summed E-state index contributed by atoms with van der Waals surface area (Å²) in [5, 5.41) is 1.90. The Labute approximate surface area is 163 Å². The minimum Gasteiger partial charge on any atom is -0.337 e. The number of amides is 1. The molecule has 0 N–H and O–H groups in total. The van der Waals surface area contributed by atoms with Gasteiger partial charge in [0.25, 0.3) is 5.91 Å². The molecule has 0 saturated carbocycles. The Balaban J connectivity index is 1.58. The van der Waals surface area contributed by atoms with Crippen LogP contribution >= 0.6 is 0 Å². The van der Waals surface area contributed by atoms with E-state index in [1.165, 1.54) is 0 Å². The number of imidazole rings is 1. The van der Waals surface area contributed by atoms with Gasteiger partial charge in [0.1, 0.15) is 5.69 Å². The first-order chi connectivity index (χ1) is 13.8. The van der Waals surface area contributed by atoms with Crippen LogP contribution in [0.2, 0.25) is 0 Å². The highest BCUT2D eigenvalue weighted by Gasteiger charge is 2.19. The maximum absolute atomic E-state index is 13.4. The summed E-state index contributed by atoms with van der Waals surface area (Å²) in [4.78, 5) is 27.8. The van der Waals surface area contributed by atoms with Crippen LogP contribution in [0.3, 0.4) is 0 Å². The number of rotatable bonds is 7. The third-order valence-electron chi connectivity index (χ3n) is 4.69. The fraction of sp³-hybridized carbons (Fsp3) is 0.182. The van der Waals surface area contributed by atoms with E-state index in [4.69, 9.17) is 0 Å². The highest BCUT2D eigenvalue weighted by molar-refractivity contribution is 6.05. The third kappa shape index (κ3) is 4.06. The molecule has 0 unspecified atom stereocenters. The van der Waals surface area contributed by atoms with Gasteiger partial charge in [-0.05, 0) is 35.6 Å². The standard InChI is InChI=1S/C22H21N5O/c28-22(21-20-5-2-1-4-19(20)8-11-25-21)27(16-18-6-9-23-10-7-18)14-3-13-26-15-12-24-17-26/h1-2,4-12,15,17H,3,13-14,16H2. The normalized spacial score (nSPS) is 10.9. The molecule has 0 saturated heterocycles. The summed E-state index contributed by atoms with van der Waals surface area (Å²) in [5.41, 5.74) is 1.54. The molecule has 3 aromatic heterocycles. The topological polar surface area (TPSA) is 63.9 Å². The summed E-state index contributed by atoms with van der Waals surface area (Å²) in [6.07, 6.45) is 11.5. The van der Waals surface area contributed by atoms with Crippen LogP contribution in [0, 0.1) is 0 Å². The Morgan fingerprint density at radius 1 is 0.964 bits per heavy atom. The molecule has 0 aliphatic heterocycles. The van der Waals surface area contributed by atoms with Crippen molar-refractivity contribution in [2.75, 3.05) is 6.54 Å². The van der Waals surface area contributed by atoms with Gasteiger partial charge in [0.15, 0.2) is 0 Å². The smallest absolute Gasteiger partial charge is 0.273 e. The molecule has 0 spiro atoms. The average molecular weight is 371 g/mol. The van der Waals surface area contributed by atoms with E-state index in [9.17, 15) is 4.79 Å². The number of aromatic nitrogens is 4. The van der Waals surface area contributed by atoms with Gasteiger partial charge < -0.3 is 9.47 Å². The second-order valence-corrected chi connectivity index (χ2v) is 6.62. The molecule has 6 heteroatoms. The van der Waals surface area contributed by atoms with Crippen molar-refractivity contribution < 1.29 is 4.79 Å². The minimum atomic E-state index is -0.0563. The van der Waals surface area contributed by atoms with Crippen LogP contribution in [0.25, 0.3) is 10.8 Å². The number of hydrogen-bond donors (Lipinski definition) is 0. The SMILES string of the molecule is O=C(c1nccc2ccccc12)N(CCCn1ccnc1)Cc1ccncc1. The summed E-state index contributed by atoms with van der Waals surface area (Å²) in [6.45, 7) is 1.96. The van der Waals surface area contributed by atoms with Crippen LogP contribution in [0.1, 0.15) is 22.5 Å². The van der Waals surface area contributed by atoms with Crippen molar-refractivity contribution in [3.8, 4) is 0 Å². The summed E-state index contributed by atoms with van der Waals surface area (Å²) in [7, 11) is 0. The summed E-state index contributed by atoms with van der Waals surface area (Å²) >= 11 is 0. The Hall–Kier alpha value is -3.54. The van der Waals surface area contributed by atoms with Gasteiger partial charge >= 0.3 is 0 Å². The van der Waals surface area contributed by atoms with Crippen LogP contribution in [-0.2, 0) is 13.1 Å². The second kappa shape index (κ2) is 8.43. The number of hydrogen-bond acceptors (Lipinski definition) is 4. The highest BCUT2D eigenvalue weighted by atomic mass is 16.2. The first-order valence-corrected chi connectivity index (χ1v) is 9.29. The summed E-state index contributed by atoms with van der Waals surface area (Å²) in [5.74, 6) is -0.0563. The van der Waals surface area contributed by atoms with Crippen molar-refractivity contribution in [2.45, 2.75) is 19.5 Å². The van der Waals surface area contributed by atoms with E-state index in [1.807, 2.05) is 58.1 Å². The Morgan fingerprint density at radius 3 is 2.64 bits per heavy atom. The molecule has 0 radical (unpaired) electrons. The molecule has 4 aromatic rings. The van der Waals surface area contributed by atoms with Gasteiger partial charge in [0.05, 0.1) is 6.33 Å². The Morgan fingerprint density at radius 2 is 1.82 bits per heavy atom. The van der Waals surface area contributed by atoms with E-state index >= 15 is 0 Å². The highest BCUT2D eigenvalue weighted by Crippen LogP contribution is 2.19. The van der Waals surface area contributed by atoms with Crippen molar-refractivity contribution in [1.29, 1.82) is 0 Å². The number of carbonyl (C=O) groups excluding carboxylic acids is 1. The van der Waals surface area contributed by atoms with E-state index in [2.05, 4.69) is 15.0 Å². The summed E-state index contributed by atoms with van der Waals surface area (Å²) < 4.78 is 2.02. The predicted octanol–water partition coefficient (Wildman–Crippen LogP) is 3.56. The van der Waals surface area contributed by atoms with Crippen molar-refractivity contribution >= 4 is 16.7 Å². The molecule has 0 bridgehead atoms. The predicted molar refractivity (Wildman–Crippen MR) is 108 cm³/mol. The number of benzene rings is 1. The maximum Gasteiger partial charge on any atom is 0.273 e. The van der Waals surface area contributed by atoms with Gasteiger partial charge in [-0.15, -0.1) is 0 Å². The summed E-state index contributed by atoms with van der Waals surface area (Å²) in [6, 6.07) is 13.7. The van der Waals surface area contributed by atoms with E-state index in [0.29, 0.717) is 18.8 Å². The van der Waals surface area contributed by atoms with E-state index in [-0.39, 0.29) is 5.91 Å². The second-order valence-electron chi connectivity index (χ2n) is 6.62. The zero-order valence-electron chi connectivity index (χ0n) is 15.5. The van der Waals surface area contributed by atoms with Crippen LogP contribution in [0.5, 0.6) is 0 Å². The quantitative estimate of drug-likeness (QED) is 0.498. The molecular weight excluding hydrogens is 350 g/mol. The van der Waals surface area contributed by atoms with Crippen molar-refractivity contribution in [3.63, 3.8) is 0 Å². The van der Waals surface area contributed by atoms with Crippen LogP contribution in [0.15, 0.2) is 79.8 Å². The molecule has 0 aliphatic rings. The van der Waals surface area contributed by atoms with E-state index in [1.54, 1.807) is 31.1 Å². The Kier molecular flexibility index (Phi) is 5.38. The lowest BCUT2D eigenvalue weighted by Crippen LogP contribution is -2.32. The first-order valence-electron chi connectivity index (χ1n) is 9.29. The molecule has 6 nitrogen and oxygen atoms in total.